The van der Waals surface area contributed by atoms with Crippen molar-refractivity contribution in [3.63, 3.8) is 0 Å². The Bertz CT molecular complexity index is 1250. The Hall–Kier alpha value is -2.32. The molecule has 0 spiro atoms. The number of aliphatic hydroxyl groups is 1. The van der Waals surface area contributed by atoms with Crippen LogP contribution in [0.5, 0.6) is 0 Å². The van der Waals surface area contributed by atoms with Crippen molar-refractivity contribution in [3.05, 3.63) is 89.7 Å². The SMILES string of the molecule is CCSc1ccc(C(C(=O)Nc2ccc(C3(Sc4ccc(F)cc4)CC3)cc2)N2CC(C(C)(C)O)C2)cc1. The van der Waals surface area contributed by atoms with E-state index in [-0.39, 0.29) is 22.4 Å². The van der Waals surface area contributed by atoms with Crippen LogP contribution in [0, 0.1) is 11.7 Å². The fourth-order valence-corrected chi connectivity index (χ4v) is 6.92. The van der Waals surface area contributed by atoms with Gasteiger partial charge in [-0.2, -0.15) is 0 Å². The summed E-state index contributed by atoms with van der Waals surface area (Å²) in [6.45, 7) is 7.15. The second-order valence-corrected chi connectivity index (χ2v) is 13.6. The minimum atomic E-state index is -0.764. The second-order valence-electron chi connectivity index (χ2n) is 10.8. The molecule has 3 aromatic carbocycles. The van der Waals surface area contributed by atoms with Gasteiger partial charge in [-0.05, 0) is 92.1 Å². The van der Waals surface area contributed by atoms with Gasteiger partial charge in [-0.15, -0.1) is 23.5 Å². The maximum Gasteiger partial charge on any atom is 0.246 e. The van der Waals surface area contributed by atoms with Gasteiger partial charge in [0.15, 0.2) is 0 Å². The van der Waals surface area contributed by atoms with Crippen molar-refractivity contribution in [2.45, 2.75) is 59.8 Å². The normalized spacial score (nSPS) is 18.0. The van der Waals surface area contributed by atoms with Gasteiger partial charge in [0.05, 0.1) is 5.60 Å². The van der Waals surface area contributed by atoms with Gasteiger partial charge in [0.1, 0.15) is 11.9 Å². The van der Waals surface area contributed by atoms with Gasteiger partial charge in [0.2, 0.25) is 5.91 Å². The summed E-state index contributed by atoms with van der Waals surface area (Å²) in [5, 5.41) is 13.6. The Kier molecular flexibility index (Phi) is 7.92. The molecule has 1 saturated heterocycles. The van der Waals surface area contributed by atoms with Gasteiger partial charge in [0.25, 0.3) is 0 Å². The Morgan fingerprint density at radius 2 is 1.63 bits per heavy atom. The quantitative estimate of drug-likeness (QED) is 0.264. The Morgan fingerprint density at radius 3 is 2.18 bits per heavy atom. The molecule has 5 rings (SSSR count). The smallest absolute Gasteiger partial charge is 0.246 e. The van der Waals surface area contributed by atoms with Crippen molar-refractivity contribution >= 4 is 35.1 Å². The van der Waals surface area contributed by atoms with E-state index in [1.54, 1.807) is 23.5 Å². The number of benzene rings is 3. The first-order chi connectivity index (χ1) is 18.2. The van der Waals surface area contributed by atoms with Gasteiger partial charge < -0.3 is 10.4 Å². The number of amides is 1. The minimum Gasteiger partial charge on any atom is -0.390 e. The standard InChI is InChI=1S/C31H35FN2O2S2/c1-4-37-26-13-5-21(6-14-26)28(34-19-23(20-34)30(2,3)36)29(35)33-25-11-7-22(8-12-25)31(17-18-31)38-27-15-9-24(32)10-16-27/h5-16,23,28,36H,4,17-20H2,1-3H3,(H,33,35). The zero-order chi connectivity index (χ0) is 26.9. The topological polar surface area (TPSA) is 52.6 Å². The number of likely N-dealkylation sites (tertiary alicyclic amines) is 1. The first kappa shape index (κ1) is 27.3. The van der Waals surface area contributed by atoms with Crippen molar-refractivity contribution in [2.75, 3.05) is 24.2 Å². The van der Waals surface area contributed by atoms with Crippen molar-refractivity contribution in [1.29, 1.82) is 0 Å². The second kappa shape index (κ2) is 11.0. The Balaban J connectivity index is 1.29. The lowest BCUT2D eigenvalue weighted by atomic mass is 9.82. The van der Waals surface area contributed by atoms with E-state index in [1.807, 2.05) is 50.2 Å². The summed E-state index contributed by atoms with van der Waals surface area (Å²) in [5.41, 5.74) is 2.19. The van der Waals surface area contributed by atoms with Crippen LogP contribution < -0.4 is 5.32 Å². The van der Waals surface area contributed by atoms with E-state index in [0.29, 0.717) is 13.1 Å². The fraction of sp³-hybridized carbons (Fsp3) is 0.387. The lowest BCUT2D eigenvalue weighted by molar-refractivity contribution is -0.130. The molecule has 1 amide bonds. The number of anilines is 1. The maximum atomic E-state index is 13.6. The largest absolute Gasteiger partial charge is 0.390 e. The molecule has 2 fully saturated rings. The highest BCUT2D eigenvalue weighted by Gasteiger charge is 2.45. The molecule has 0 bridgehead atoms. The number of hydrogen-bond donors (Lipinski definition) is 2. The predicted octanol–water partition coefficient (Wildman–Crippen LogP) is 7.10. The molecule has 1 saturated carbocycles. The number of rotatable bonds is 10. The molecular weight excluding hydrogens is 515 g/mol. The van der Waals surface area contributed by atoms with Gasteiger partial charge >= 0.3 is 0 Å². The van der Waals surface area contributed by atoms with Gasteiger partial charge in [-0.25, -0.2) is 4.39 Å². The lowest BCUT2D eigenvalue weighted by Gasteiger charge is -2.48. The zero-order valence-corrected chi connectivity index (χ0v) is 23.7. The van der Waals surface area contributed by atoms with Crippen molar-refractivity contribution < 1.29 is 14.3 Å². The van der Waals surface area contributed by atoms with Crippen LogP contribution >= 0.6 is 23.5 Å². The third kappa shape index (κ3) is 6.12. The fourth-order valence-electron chi connectivity index (χ4n) is 4.97. The summed E-state index contributed by atoms with van der Waals surface area (Å²) in [7, 11) is 0. The van der Waals surface area contributed by atoms with E-state index in [9.17, 15) is 14.3 Å². The average molecular weight is 551 g/mol. The number of hydrogen-bond acceptors (Lipinski definition) is 5. The van der Waals surface area contributed by atoms with Gasteiger partial charge in [-0.1, -0.05) is 31.2 Å². The molecule has 2 N–H and O–H groups in total. The van der Waals surface area contributed by atoms with E-state index in [0.717, 1.165) is 34.7 Å². The summed E-state index contributed by atoms with van der Waals surface area (Å²) in [6.07, 6.45) is 2.15. The van der Waals surface area contributed by atoms with Crippen LogP contribution in [0.25, 0.3) is 0 Å². The number of carbonyl (C=O) groups excluding carboxylic acids is 1. The van der Waals surface area contributed by atoms with E-state index >= 15 is 0 Å². The number of halogens is 1. The summed E-state index contributed by atoms with van der Waals surface area (Å²) in [4.78, 5) is 18.0. The molecule has 4 nitrogen and oxygen atoms in total. The van der Waals surface area contributed by atoms with E-state index in [2.05, 4.69) is 41.4 Å². The number of carbonyl (C=O) groups is 1. The summed E-state index contributed by atoms with van der Waals surface area (Å²) >= 11 is 3.56. The number of nitrogens with one attached hydrogen (secondary N) is 1. The van der Waals surface area contributed by atoms with Crippen LogP contribution in [0.4, 0.5) is 10.1 Å². The third-order valence-electron chi connectivity index (χ3n) is 7.54. The number of nitrogens with zero attached hydrogens (tertiary/aromatic N) is 1. The molecular formula is C31H35FN2O2S2. The van der Waals surface area contributed by atoms with Crippen LogP contribution in [0.3, 0.4) is 0 Å². The molecule has 0 aromatic heterocycles. The van der Waals surface area contributed by atoms with Crippen molar-refractivity contribution in [2.24, 2.45) is 5.92 Å². The van der Waals surface area contributed by atoms with Crippen LogP contribution in [0.1, 0.15) is 50.8 Å². The molecule has 1 atom stereocenters. The van der Waals surface area contributed by atoms with Crippen molar-refractivity contribution in [3.8, 4) is 0 Å². The van der Waals surface area contributed by atoms with Crippen LogP contribution in [-0.4, -0.2) is 40.4 Å². The van der Waals surface area contributed by atoms with E-state index in [1.165, 1.54) is 22.6 Å². The van der Waals surface area contributed by atoms with E-state index < -0.39 is 11.6 Å². The highest BCUT2D eigenvalue weighted by Crippen LogP contribution is 2.59. The summed E-state index contributed by atoms with van der Waals surface area (Å²) in [5.74, 6) is 0.856. The molecule has 200 valence electrons. The van der Waals surface area contributed by atoms with E-state index in [4.69, 9.17) is 0 Å². The molecule has 38 heavy (non-hydrogen) atoms. The van der Waals surface area contributed by atoms with Gasteiger partial charge in [-0.3, -0.25) is 9.69 Å². The zero-order valence-electron chi connectivity index (χ0n) is 22.1. The maximum absolute atomic E-state index is 13.6. The molecule has 3 aromatic rings. The molecule has 1 aliphatic carbocycles. The molecule has 0 radical (unpaired) electrons. The average Bonchev–Trinajstić information content (AvgIpc) is 3.63. The highest BCUT2D eigenvalue weighted by atomic mass is 32.2. The number of thioether (sulfide) groups is 2. The van der Waals surface area contributed by atoms with Crippen molar-refractivity contribution in [1.82, 2.24) is 4.90 Å². The van der Waals surface area contributed by atoms with Crippen LogP contribution in [0.2, 0.25) is 0 Å². The Morgan fingerprint density at radius 1 is 1.03 bits per heavy atom. The predicted molar refractivity (Wildman–Crippen MR) is 155 cm³/mol. The molecule has 7 heteroatoms. The third-order valence-corrected chi connectivity index (χ3v) is 9.98. The monoisotopic (exact) mass is 550 g/mol. The van der Waals surface area contributed by atoms with Crippen LogP contribution in [0.15, 0.2) is 82.6 Å². The molecule has 2 aliphatic rings. The van der Waals surface area contributed by atoms with Gasteiger partial charge in [0, 0.05) is 39.2 Å². The molecule has 1 aliphatic heterocycles. The first-order valence-electron chi connectivity index (χ1n) is 13.2. The van der Waals surface area contributed by atoms with Crippen LogP contribution in [-0.2, 0) is 9.54 Å². The molecule has 1 heterocycles. The summed E-state index contributed by atoms with van der Waals surface area (Å²) in [6, 6.07) is 22.7. The first-order valence-corrected chi connectivity index (χ1v) is 15.0. The molecule has 1 unspecified atom stereocenters. The lowest BCUT2D eigenvalue weighted by Crippen LogP contribution is -2.58. The Labute approximate surface area is 233 Å². The minimum absolute atomic E-state index is 0.0187. The summed E-state index contributed by atoms with van der Waals surface area (Å²) < 4.78 is 13.3. The highest BCUT2D eigenvalue weighted by molar-refractivity contribution is 8.00.